The minimum atomic E-state index is -1.13. The van der Waals surface area contributed by atoms with E-state index < -0.39 is 23.8 Å². The number of ether oxygens (including phenoxy) is 1. The molecule has 25 heavy (non-hydrogen) atoms. The quantitative estimate of drug-likeness (QED) is 0.656. The zero-order valence-electron chi connectivity index (χ0n) is 13.7. The van der Waals surface area contributed by atoms with Crippen LogP contribution in [0.3, 0.4) is 0 Å². The molecule has 2 saturated heterocycles. The number of benzene rings is 1. The molecule has 1 aromatic carbocycles. The van der Waals surface area contributed by atoms with Gasteiger partial charge in [-0.15, -0.1) is 0 Å². The maximum atomic E-state index is 12.8. The minimum Gasteiger partial charge on any atom is -0.376 e. The Morgan fingerprint density at radius 1 is 1.32 bits per heavy atom. The van der Waals surface area contributed by atoms with E-state index in [1.54, 1.807) is 31.2 Å². The standard InChI is InChI=1S/C17H18ClN3O4/c1-10(19-9-13-3-2-8-25-13)14-15(22)20-17(24)21(16(14)23)12-6-4-11(18)5-7-12/h4-7,13-14H,2-3,8-9H2,1H3,(H,20,22,24)/t13-,14?/m0/s1. The Morgan fingerprint density at radius 2 is 2.04 bits per heavy atom. The van der Waals surface area contributed by atoms with Crippen molar-refractivity contribution in [2.45, 2.75) is 25.9 Å². The van der Waals surface area contributed by atoms with Gasteiger partial charge >= 0.3 is 6.03 Å². The van der Waals surface area contributed by atoms with E-state index >= 15 is 0 Å². The molecule has 0 aliphatic carbocycles. The molecule has 132 valence electrons. The van der Waals surface area contributed by atoms with Crippen LogP contribution in [0, 0.1) is 5.92 Å². The maximum absolute atomic E-state index is 12.8. The number of anilines is 1. The first kappa shape index (κ1) is 17.6. The van der Waals surface area contributed by atoms with Gasteiger partial charge in [-0.05, 0) is 44.0 Å². The Kier molecular flexibility index (Phi) is 5.15. The summed E-state index contributed by atoms with van der Waals surface area (Å²) in [7, 11) is 0. The molecule has 2 aliphatic heterocycles. The Labute approximate surface area is 150 Å². The lowest BCUT2D eigenvalue weighted by Gasteiger charge is -2.30. The van der Waals surface area contributed by atoms with Crippen molar-refractivity contribution in [2.24, 2.45) is 10.9 Å². The van der Waals surface area contributed by atoms with Gasteiger partial charge in [0.05, 0.1) is 18.3 Å². The largest absolute Gasteiger partial charge is 0.376 e. The number of nitrogens with one attached hydrogen (secondary N) is 1. The second-order valence-electron chi connectivity index (χ2n) is 5.99. The zero-order chi connectivity index (χ0) is 18.0. The van der Waals surface area contributed by atoms with E-state index in [1.165, 1.54) is 0 Å². The number of imide groups is 2. The summed E-state index contributed by atoms with van der Waals surface area (Å²) in [6.45, 7) is 2.73. The molecule has 4 amide bonds. The third kappa shape index (κ3) is 3.72. The van der Waals surface area contributed by atoms with Gasteiger partial charge in [-0.1, -0.05) is 11.6 Å². The van der Waals surface area contributed by atoms with E-state index in [0.29, 0.717) is 29.6 Å². The maximum Gasteiger partial charge on any atom is 0.335 e. The number of halogens is 1. The van der Waals surface area contributed by atoms with Gasteiger partial charge < -0.3 is 4.74 Å². The number of carbonyl (C=O) groups is 3. The number of barbiturate groups is 1. The minimum absolute atomic E-state index is 0.0192. The molecule has 1 N–H and O–H groups in total. The van der Waals surface area contributed by atoms with E-state index in [9.17, 15) is 14.4 Å². The number of rotatable bonds is 4. The lowest BCUT2D eigenvalue weighted by molar-refractivity contribution is -0.131. The summed E-state index contributed by atoms with van der Waals surface area (Å²) >= 11 is 5.84. The first-order valence-electron chi connectivity index (χ1n) is 8.04. The summed E-state index contributed by atoms with van der Waals surface area (Å²) in [5.41, 5.74) is 0.709. The molecule has 0 saturated carbocycles. The molecule has 7 nitrogen and oxygen atoms in total. The third-order valence-electron chi connectivity index (χ3n) is 4.23. The molecular formula is C17H18ClN3O4. The van der Waals surface area contributed by atoms with E-state index in [4.69, 9.17) is 16.3 Å². The molecule has 0 bridgehead atoms. The van der Waals surface area contributed by atoms with Crippen LogP contribution in [0.25, 0.3) is 0 Å². The van der Waals surface area contributed by atoms with Gasteiger partial charge in [0, 0.05) is 17.3 Å². The first-order valence-corrected chi connectivity index (χ1v) is 8.42. The highest BCUT2D eigenvalue weighted by Gasteiger charge is 2.42. The number of amides is 4. The fraction of sp³-hybridized carbons (Fsp3) is 0.412. The topological polar surface area (TPSA) is 88.1 Å². The summed E-state index contributed by atoms with van der Waals surface area (Å²) in [5, 5.41) is 2.70. The van der Waals surface area contributed by atoms with Crippen LogP contribution in [-0.4, -0.2) is 42.8 Å². The molecule has 2 aliphatic rings. The van der Waals surface area contributed by atoms with Crippen LogP contribution in [0.4, 0.5) is 10.5 Å². The van der Waals surface area contributed by atoms with Crippen molar-refractivity contribution in [1.82, 2.24) is 5.32 Å². The third-order valence-corrected chi connectivity index (χ3v) is 4.49. The van der Waals surface area contributed by atoms with Crippen LogP contribution in [0.5, 0.6) is 0 Å². The summed E-state index contributed by atoms with van der Waals surface area (Å²) in [5.74, 6) is -2.41. The average molecular weight is 364 g/mol. The van der Waals surface area contributed by atoms with E-state index in [0.717, 1.165) is 17.7 Å². The molecule has 1 unspecified atom stereocenters. The van der Waals surface area contributed by atoms with E-state index in [1.807, 2.05) is 0 Å². The molecular weight excluding hydrogens is 346 g/mol. The molecule has 0 spiro atoms. The average Bonchev–Trinajstić information content (AvgIpc) is 3.07. The van der Waals surface area contributed by atoms with Crippen molar-refractivity contribution in [2.75, 3.05) is 18.1 Å². The Morgan fingerprint density at radius 3 is 2.68 bits per heavy atom. The molecule has 2 heterocycles. The van der Waals surface area contributed by atoms with Crippen LogP contribution in [0.2, 0.25) is 5.02 Å². The van der Waals surface area contributed by atoms with Gasteiger partial charge in [-0.25, -0.2) is 9.69 Å². The summed E-state index contributed by atoms with van der Waals surface area (Å²) in [4.78, 5) is 42.3. The van der Waals surface area contributed by atoms with Crippen LogP contribution >= 0.6 is 11.6 Å². The molecule has 0 radical (unpaired) electrons. The molecule has 1 aromatic rings. The monoisotopic (exact) mass is 363 g/mol. The highest BCUT2D eigenvalue weighted by molar-refractivity contribution is 6.35. The number of urea groups is 1. The van der Waals surface area contributed by atoms with Gasteiger partial charge in [0.2, 0.25) is 5.91 Å². The Bertz CT molecular complexity index is 726. The van der Waals surface area contributed by atoms with Crippen LogP contribution in [0.15, 0.2) is 29.3 Å². The van der Waals surface area contributed by atoms with Crippen LogP contribution in [-0.2, 0) is 14.3 Å². The lowest BCUT2D eigenvalue weighted by atomic mass is 9.99. The van der Waals surface area contributed by atoms with Crippen LogP contribution in [0.1, 0.15) is 19.8 Å². The smallest absolute Gasteiger partial charge is 0.335 e. The van der Waals surface area contributed by atoms with Crippen molar-refractivity contribution in [3.8, 4) is 0 Å². The van der Waals surface area contributed by atoms with Crippen molar-refractivity contribution in [3.05, 3.63) is 29.3 Å². The van der Waals surface area contributed by atoms with Crippen molar-refractivity contribution < 1.29 is 19.1 Å². The van der Waals surface area contributed by atoms with Crippen LogP contribution < -0.4 is 10.2 Å². The van der Waals surface area contributed by atoms with Gasteiger partial charge in [0.25, 0.3) is 5.91 Å². The Hall–Kier alpha value is -2.25. The molecule has 2 fully saturated rings. The Balaban J connectivity index is 1.81. The second kappa shape index (κ2) is 7.33. The normalized spacial score (nSPS) is 24.6. The predicted octanol–water partition coefficient (Wildman–Crippen LogP) is 2.18. The van der Waals surface area contributed by atoms with E-state index in [2.05, 4.69) is 10.3 Å². The first-order chi connectivity index (χ1) is 12.0. The van der Waals surface area contributed by atoms with E-state index in [-0.39, 0.29) is 6.10 Å². The predicted molar refractivity (Wildman–Crippen MR) is 92.9 cm³/mol. The number of aliphatic imine (C=N–C) groups is 1. The van der Waals surface area contributed by atoms with Crippen molar-refractivity contribution in [3.63, 3.8) is 0 Å². The molecule has 2 atom stereocenters. The zero-order valence-corrected chi connectivity index (χ0v) is 14.5. The molecule has 8 heteroatoms. The number of hydrogen-bond acceptors (Lipinski definition) is 5. The van der Waals surface area contributed by atoms with Crippen molar-refractivity contribution in [1.29, 1.82) is 0 Å². The van der Waals surface area contributed by atoms with Gasteiger partial charge in [-0.2, -0.15) is 0 Å². The van der Waals surface area contributed by atoms with Crippen molar-refractivity contribution >= 4 is 40.8 Å². The number of nitrogens with zero attached hydrogens (tertiary/aromatic N) is 2. The highest BCUT2D eigenvalue weighted by Crippen LogP contribution is 2.23. The second-order valence-corrected chi connectivity index (χ2v) is 6.43. The summed E-state index contributed by atoms with van der Waals surface area (Å²) < 4.78 is 5.49. The fourth-order valence-corrected chi connectivity index (χ4v) is 3.03. The lowest BCUT2D eigenvalue weighted by Crippen LogP contribution is -2.60. The molecule has 3 rings (SSSR count). The number of hydrogen-bond donors (Lipinski definition) is 1. The fourth-order valence-electron chi connectivity index (χ4n) is 2.90. The number of carbonyl (C=O) groups excluding carboxylic acids is 3. The SMILES string of the molecule is CC(=NC[C@@H]1CCCO1)C1C(=O)NC(=O)N(c2ccc(Cl)cc2)C1=O. The van der Waals surface area contributed by atoms with Gasteiger partial charge in [-0.3, -0.25) is 19.9 Å². The summed E-state index contributed by atoms with van der Waals surface area (Å²) in [6.07, 6.45) is 1.92. The van der Waals surface area contributed by atoms with Gasteiger partial charge in [0.1, 0.15) is 0 Å². The molecule has 0 aromatic heterocycles. The summed E-state index contributed by atoms with van der Waals surface area (Å²) in [6, 6.07) is 5.46. The van der Waals surface area contributed by atoms with Gasteiger partial charge in [0.15, 0.2) is 5.92 Å². The highest BCUT2D eigenvalue weighted by atomic mass is 35.5.